The van der Waals surface area contributed by atoms with Gasteiger partial charge in [0.25, 0.3) is 0 Å². The Hall–Kier alpha value is -0.160. The number of nitrogens with zero attached hydrogens (tertiary/aromatic N) is 1. The Morgan fingerprint density at radius 3 is 2.93 bits per heavy atom. The third-order valence-electron chi connectivity index (χ3n) is 2.75. The Labute approximate surface area is 86.0 Å². The van der Waals surface area contributed by atoms with Gasteiger partial charge in [-0.2, -0.15) is 0 Å². The van der Waals surface area contributed by atoms with Crippen LogP contribution >= 0.6 is 0 Å². The van der Waals surface area contributed by atoms with Crippen molar-refractivity contribution in [2.45, 2.75) is 31.8 Å². The van der Waals surface area contributed by atoms with Crippen LogP contribution in [0.1, 0.15) is 20.3 Å². The van der Waals surface area contributed by atoms with Crippen LogP contribution in [0.2, 0.25) is 0 Å². The average molecular weight is 202 g/mol. The lowest BCUT2D eigenvalue weighted by Crippen LogP contribution is -2.56. The zero-order valence-corrected chi connectivity index (χ0v) is 9.20. The van der Waals surface area contributed by atoms with Crippen molar-refractivity contribution >= 4 is 0 Å². The number of nitrogens with two attached hydrogens (primary N) is 1. The fourth-order valence-corrected chi connectivity index (χ4v) is 1.79. The molecular weight excluding hydrogens is 180 g/mol. The lowest BCUT2D eigenvalue weighted by Gasteiger charge is -2.39. The van der Waals surface area contributed by atoms with E-state index in [1.165, 1.54) is 0 Å². The highest BCUT2D eigenvalue weighted by atomic mass is 16.5. The van der Waals surface area contributed by atoms with Gasteiger partial charge in [-0.1, -0.05) is 6.92 Å². The van der Waals surface area contributed by atoms with Gasteiger partial charge in [-0.05, 0) is 13.3 Å². The summed E-state index contributed by atoms with van der Waals surface area (Å²) in [6, 6.07) is 0.457. The highest BCUT2D eigenvalue weighted by Gasteiger charge is 2.27. The molecule has 0 saturated carbocycles. The Kier molecular flexibility index (Phi) is 4.31. The minimum atomic E-state index is -0.495. The van der Waals surface area contributed by atoms with E-state index < -0.39 is 5.54 Å². The SMILES string of the molecule is CCC1COCCN1CC(C)(N)CO. The van der Waals surface area contributed by atoms with Crippen molar-refractivity contribution in [3.63, 3.8) is 0 Å². The fraction of sp³-hybridized carbons (Fsp3) is 1.00. The van der Waals surface area contributed by atoms with Crippen LogP contribution in [0.25, 0.3) is 0 Å². The van der Waals surface area contributed by atoms with Crippen LogP contribution in [0.3, 0.4) is 0 Å². The highest BCUT2D eigenvalue weighted by molar-refractivity contribution is 4.85. The molecule has 0 aromatic heterocycles. The van der Waals surface area contributed by atoms with Crippen molar-refractivity contribution in [2.75, 3.05) is 32.9 Å². The second-order valence-electron chi connectivity index (χ2n) is 4.42. The number of ether oxygens (including phenoxy) is 1. The molecule has 1 aliphatic heterocycles. The Morgan fingerprint density at radius 2 is 2.36 bits per heavy atom. The molecular formula is C10H22N2O2. The van der Waals surface area contributed by atoms with Gasteiger partial charge in [0.15, 0.2) is 0 Å². The van der Waals surface area contributed by atoms with Crippen LogP contribution < -0.4 is 5.73 Å². The summed E-state index contributed by atoms with van der Waals surface area (Å²) in [7, 11) is 0. The topological polar surface area (TPSA) is 58.7 Å². The largest absolute Gasteiger partial charge is 0.394 e. The van der Waals surface area contributed by atoms with Crippen LogP contribution in [0.15, 0.2) is 0 Å². The summed E-state index contributed by atoms with van der Waals surface area (Å²) < 4.78 is 5.41. The van der Waals surface area contributed by atoms with E-state index in [0.717, 1.165) is 32.7 Å². The smallest absolute Gasteiger partial charge is 0.0622 e. The lowest BCUT2D eigenvalue weighted by atomic mass is 10.0. The molecule has 0 aliphatic carbocycles. The van der Waals surface area contributed by atoms with Gasteiger partial charge in [-0.3, -0.25) is 4.90 Å². The van der Waals surface area contributed by atoms with Gasteiger partial charge in [0.05, 0.1) is 19.8 Å². The van der Waals surface area contributed by atoms with E-state index >= 15 is 0 Å². The first-order valence-corrected chi connectivity index (χ1v) is 5.30. The Bertz CT molecular complexity index is 174. The number of morpholine rings is 1. The molecule has 1 heterocycles. The maximum atomic E-state index is 9.10. The van der Waals surface area contributed by atoms with E-state index in [4.69, 9.17) is 15.6 Å². The third-order valence-corrected chi connectivity index (χ3v) is 2.75. The Balaban J connectivity index is 2.48. The molecule has 0 radical (unpaired) electrons. The number of hydrogen-bond donors (Lipinski definition) is 2. The maximum absolute atomic E-state index is 9.10. The third kappa shape index (κ3) is 3.20. The zero-order chi connectivity index (χ0) is 10.6. The molecule has 3 N–H and O–H groups in total. The van der Waals surface area contributed by atoms with E-state index in [-0.39, 0.29) is 6.61 Å². The molecule has 0 bridgehead atoms. The van der Waals surface area contributed by atoms with Gasteiger partial charge >= 0.3 is 0 Å². The minimum Gasteiger partial charge on any atom is -0.394 e. The maximum Gasteiger partial charge on any atom is 0.0622 e. The quantitative estimate of drug-likeness (QED) is 0.663. The van der Waals surface area contributed by atoms with Crippen molar-refractivity contribution in [3.05, 3.63) is 0 Å². The zero-order valence-electron chi connectivity index (χ0n) is 9.20. The van der Waals surface area contributed by atoms with Crippen molar-refractivity contribution in [2.24, 2.45) is 5.73 Å². The number of aliphatic hydroxyl groups is 1. The molecule has 1 fully saturated rings. The second-order valence-corrected chi connectivity index (χ2v) is 4.42. The fourth-order valence-electron chi connectivity index (χ4n) is 1.79. The van der Waals surface area contributed by atoms with Crippen molar-refractivity contribution in [1.82, 2.24) is 4.90 Å². The summed E-state index contributed by atoms with van der Waals surface area (Å²) in [4.78, 5) is 2.32. The summed E-state index contributed by atoms with van der Waals surface area (Å²) in [5.41, 5.74) is 5.44. The van der Waals surface area contributed by atoms with Crippen LogP contribution in [0.4, 0.5) is 0 Å². The standard InChI is InChI=1S/C10H22N2O2/c1-3-9-6-14-5-4-12(9)7-10(2,11)8-13/h9,13H,3-8,11H2,1-2H3. The predicted molar refractivity (Wildman–Crippen MR) is 56.1 cm³/mol. The summed E-state index contributed by atoms with van der Waals surface area (Å²) in [5.74, 6) is 0. The van der Waals surface area contributed by atoms with E-state index in [0.29, 0.717) is 6.04 Å². The van der Waals surface area contributed by atoms with Crippen LogP contribution in [0, 0.1) is 0 Å². The Morgan fingerprint density at radius 1 is 1.64 bits per heavy atom. The molecule has 1 rings (SSSR count). The van der Waals surface area contributed by atoms with Crippen molar-refractivity contribution < 1.29 is 9.84 Å². The molecule has 1 saturated heterocycles. The monoisotopic (exact) mass is 202 g/mol. The lowest BCUT2D eigenvalue weighted by molar-refractivity contribution is -0.0211. The van der Waals surface area contributed by atoms with Gasteiger partial charge in [0.2, 0.25) is 0 Å². The van der Waals surface area contributed by atoms with Crippen LogP contribution in [-0.4, -0.2) is 54.5 Å². The molecule has 0 amide bonds. The number of aliphatic hydroxyl groups excluding tert-OH is 1. The first-order chi connectivity index (χ1) is 6.59. The summed E-state index contributed by atoms with van der Waals surface area (Å²) in [6.07, 6.45) is 1.07. The van der Waals surface area contributed by atoms with Gasteiger partial charge < -0.3 is 15.6 Å². The first-order valence-electron chi connectivity index (χ1n) is 5.30. The van der Waals surface area contributed by atoms with E-state index in [1.54, 1.807) is 0 Å². The van der Waals surface area contributed by atoms with E-state index in [9.17, 15) is 0 Å². The van der Waals surface area contributed by atoms with Gasteiger partial charge in [-0.25, -0.2) is 0 Å². The van der Waals surface area contributed by atoms with Gasteiger partial charge in [0.1, 0.15) is 0 Å². The molecule has 1 aliphatic rings. The summed E-state index contributed by atoms with van der Waals surface area (Å²) in [5, 5.41) is 9.10. The molecule has 4 nitrogen and oxygen atoms in total. The molecule has 84 valence electrons. The predicted octanol–water partition coefficient (Wildman–Crippen LogP) is -0.193. The van der Waals surface area contributed by atoms with E-state index in [2.05, 4.69) is 11.8 Å². The second kappa shape index (κ2) is 5.07. The molecule has 2 unspecified atom stereocenters. The van der Waals surface area contributed by atoms with Crippen LogP contribution in [-0.2, 0) is 4.74 Å². The van der Waals surface area contributed by atoms with Crippen molar-refractivity contribution in [3.8, 4) is 0 Å². The van der Waals surface area contributed by atoms with E-state index in [1.807, 2.05) is 6.92 Å². The minimum absolute atomic E-state index is 0.0286. The molecule has 14 heavy (non-hydrogen) atoms. The number of rotatable bonds is 4. The van der Waals surface area contributed by atoms with Crippen LogP contribution in [0.5, 0.6) is 0 Å². The first kappa shape index (κ1) is 11.9. The number of hydrogen-bond acceptors (Lipinski definition) is 4. The summed E-state index contributed by atoms with van der Waals surface area (Å²) in [6.45, 7) is 7.29. The molecule has 0 aromatic rings. The van der Waals surface area contributed by atoms with Gasteiger partial charge in [0, 0.05) is 24.7 Å². The average Bonchev–Trinajstić information content (AvgIpc) is 2.18. The van der Waals surface area contributed by atoms with Crippen molar-refractivity contribution in [1.29, 1.82) is 0 Å². The molecule has 2 atom stereocenters. The summed E-state index contributed by atoms with van der Waals surface area (Å²) >= 11 is 0. The molecule has 4 heteroatoms. The molecule has 0 aromatic carbocycles. The normalized spacial score (nSPS) is 28.7. The highest BCUT2D eigenvalue weighted by Crippen LogP contribution is 2.13. The van der Waals surface area contributed by atoms with Gasteiger partial charge in [-0.15, -0.1) is 0 Å². The molecule has 0 spiro atoms.